The van der Waals surface area contributed by atoms with Crippen LogP contribution in [0.25, 0.3) is 0 Å². The summed E-state index contributed by atoms with van der Waals surface area (Å²) in [5.74, 6) is -0.0669. The number of unbranched alkanes of at least 4 members (excludes halogenated alkanes) is 1. The third kappa shape index (κ3) is 8.39. The second-order valence-electron chi connectivity index (χ2n) is 5.87. The maximum absolute atomic E-state index is 11.7. The van der Waals surface area contributed by atoms with Crippen LogP contribution >= 0.6 is 0 Å². The number of para-hydroxylation sites is 1. The summed E-state index contributed by atoms with van der Waals surface area (Å²) in [6, 6.07) is 9.18. The van der Waals surface area contributed by atoms with Crippen molar-refractivity contribution in [1.29, 1.82) is 0 Å². The van der Waals surface area contributed by atoms with Gasteiger partial charge in [0.05, 0.1) is 12.7 Å². The van der Waals surface area contributed by atoms with Crippen molar-refractivity contribution < 1.29 is 30.3 Å². The average Bonchev–Trinajstić information content (AvgIpc) is 2.63. The second-order valence-corrected chi connectivity index (χ2v) is 5.87. The quantitative estimate of drug-likeness (QED) is 0.234. The minimum atomic E-state index is -1.62. The van der Waals surface area contributed by atoms with Gasteiger partial charge in [-0.3, -0.25) is 4.79 Å². The van der Waals surface area contributed by atoms with E-state index in [1.807, 2.05) is 30.3 Å². The fourth-order valence-electron chi connectivity index (χ4n) is 2.21. The summed E-state index contributed by atoms with van der Waals surface area (Å²) in [6.07, 6.45) is -4.23. The summed E-state index contributed by atoms with van der Waals surface area (Å²) < 4.78 is 0. The zero-order valence-corrected chi connectivity index (χ0v) is 14.1. The number of aliphatic hydroxyl groups is 5. The van der Waals surface area contributed by atoms with E-state index in [0.717, 1.165) is 5.69 Å². The van der Waals surface area contributed by atoms with Crippen LogP contribution in [0.2, 0.25) is 0 Å². The molecule has 8 heteroatoms. The van der Waals surface area contributed by atoms with Crippen LogP contribution in [0.1, 0.15) is 19.3 Å². The zero-order valence-electron chi connectivity index (χ0n) is 14.1. The summed E-state index contributed by atoms with van der Waals surface area (Å²) in [5, 5.41) is 52.4. The van der Waals surface area contributed by atoms with E-state index >= 15 is 0 Å². The lowest BCUT2D eigenvalue weighted by Crippen LogP contribution is -2.49. The predicted molar refractivity (Wildman–Crippen MR) is 92.9 cm³/mol. The first-order valence-corrected chi connectivity index (χ1v) is 8.34. The van der Waals surface area contributed by atoms with Gasteiger partial charge in [0, 0.05) is 18.7 Å². The third-order valence-electron chi connectivity index (χ3n) is 3.74. The molecular formula is C17H28N2O6. The van der Waals surface area contributed by atoms with Gasteiger partial charge in [-0.1, -0.05) is 18.2 Å². The molecule has 1 aromatic rings. The number of anilines is 1. The highest BCUT2D eigenvalue weighted by molar-refractivity contribution is 5.90. The molecule has 0 bridgehead atoms. The summed E-state index contributed by atoms with van der Waals surface area (Å²) in [5.41, 5.74) is 0.756. The monoisotopic (exact) mass is 356 g/mol. The number of rotatable bonds is 12. The van der Waals surface area contributed by atoms with Crippen LogP contribution in [0.3, 0.4) is 0 Å². The Morgan fingerprint density at radius 1 is 0.960 bits per heavy atom. The first kappa shape index (κ1) is 21.5. The smallest absolute Gasteiger partial charge is 0.224 e. The topological polar surface area (TPSA) is 142 Å². The molecule has 0 radical (unpaired) electrons. The van der Waals surface area contributed by atoms with Gasteiger partial charge >= 0.3 is 0 Å². The van der Waals surface area contributed by atoms with Crippen molar-refractivity contribution in [2.24, 2.45) is 0 Å². The van der Waals surface area contributed by atoms with E-state index in [9.17, 15) is 25.2 Å². The number of aliphatic hydroxyl groups excluding tert-OH is 5. The van der Waals surface area contributed by atoms with Gasteiger partial charge in [0.2, 0.25) is 5.91 Å². The summed E-state index contributed by atoms with van der Waals surface area (Å²) >= 11 is 0. The van der Waals surface area contributed by atoms with Crippen molar-refractivity contribution >= 4 is 11.6 Å². The van der Waals surface area contributed by atoms with Gasteiger partial charge in [0.15, 0.2) is 0 Å². The van der Waals surface area contributed by atoms with Crippen LogP contribution < -0.4 is 10.6 Å². The van der Waals surface area contributed by atoms with Crippen molar-refractivity contribution in [3.63, 3.8) is 0 Å². The largest absolute Gasteiger partial charge is 0.394 e. The maximum Gasteiger partial charge on any atom is 0.224 e. The van der Waals surface area contributed by atoms with Gasteiger partial charge in [0.25, 0.3) is 0 Å². The van der Waals surface area contributed by atoms with E-state index < -0.39 is 31.0 Å². The Morgan fingerprint density at radius 2 is 1.60 bits per heavy atom. The lowest BCUT2D eigenvalue weighted by molar-refractivity contribution is -0.116. The van der Waals surface area contributed by atoms with Crippen LogP contribution in [0, 0.1) is 0 Å². The lowest BCUT2D eigenvalue weighted by atomic mass is 10.0. The number of amides is 1. The molecule has 7 N–H and O–H groups in total. The second kappa shape index (κ2) is 11.9. The van der Waals surface area contributed by atoms with Crippen LogP contribution in [-0.4, -0.2) is 75.6 Å². The van der Waals surface area contributed by atoms with Crippen molar-refractivity contribution in [3.8, 4) is 0 Å². The normalized spacial score (nSPS) is 16.0. The standard InChI is InChI=1S/C17H28N2O6/c20-11-14(22)17(25)16(24)13(21)10-18-9-5-4-8-15(23)19-12-6-2-1-3-7-12/h1-3,6-7,13-14,16-18,20-22,24-25H,4-5,8-11H2,(H,19,23). The van der Waals surface area contributed by atoms with E-state index in [1.54, 1.807) is 0 Å². The molecule has 0 saturated heterocycles. The zero-order chi connectivity index (χ0) is 18.7. The Hall–Kier alpha value is -1.55. The van der Waals surface area contributed by atoms with Gasteiger partial charge in [-0.2, -0.15) is 0 Å². The van der Waals surface area contributed by atoms with E-state index in [0.29, 0.717) is 25.8 Å². The number of hydrogen-bond acceptors (Lipinski definition) is 7. The highest BCUT2D eigenvalue weighted by atomic mass is 16.4. The van der Waals surface area contributed by atoms with Gasteiger partial charge in [-0.05, 0) is 31.5 Å². The SMILES string of the molecule is O=C(CCCCNCC(O)C(O)C(O)C(O)CO)Nc1ccccc1. The number of benzene rings is 1. The molecule has 0 fully saturated rings. The Labute approximate surface area is 147 Å². The summed E-state index contributed by atoms with van der Waals surface area (Å²) in [4.78, 5) is 11.7. The molecule has 1 amide bonds. The summed E-state index contributed by atoms with van der Waals surface area (Å²) in [6.45, 7) is -0.156. The van der Waals surface area contributed by atoms with E-state index in [-0.39, 0.29) is 12.5 Å². The Kier molecular flexibility index (Phi) is 10.2. The van der Waals surface area contributed by atoms with Crippen molar-refractivity contribution in [2.75, 3.05) is 25.0 Å². The number of hydrogen-bond donors (Lipinski definition) is 7. The molecule has 4 unspecified atom stereocenters. The highest BCUT2D eigenvalue weighted by Gasteiger charge is 2.29. The van der Waals surface area contributed by atoms with Gasteiger partial charge in [-0.15, -0.1) is 0 Å². The Bertz CT molecular complexity index is 487. The van der Waals surface area contributed by atoms with Crippen molar-refractivity contribution in [3.05, 3.63) is 30.3 Å². The number of nitrogens with one attached hydrogen (secondary N) is 2. The van der Waals surface area contributed by atoms with Crippen LogP contribution in [0.4, 0.5) is 5.69 Å². The van der Waals surface area contributed by atoms with Gasteiger partial charge in [-0.25, -0.2) is 0 Å². The Balaban J connectivity index is 2.10. The molecule has 0 aliphatic carbocycles. The predicted octanol–water partition coefficient (Wildman–Crippen LogP) is -1.18. The van der Waals surface area contributed by atoms with Gasteiger partial charge in [0.1, 0.15) is 18.3 Å². The number of carbonyl (C=O) groups is 1. The van der Waals surface area contributed by atoms with Crippen LogP contribution in [-0.2, 0) is 4.79 Å². The molecular weight excluding hydrogens is 328 g/mol. The molecule has 8 nitrogen and oxygen atoms in total. The molecule has 1 aromatic carbocycles. The molecule has 142 valence electrons. The van der Waals surface area contributed by atoms with Crippen LogP contribution in [0.15, 0.2) is 30.3 Å². The fourth-order valence-corrected chi connectivity index (χ4v) is 2.21. The Morgan fingerprint density at radius 3 is 2.24 bits per heavy atom. The molecule has 0 aliphatic rings. The minimum absolute atomic E-state index is 0.0204. The average molecular weight is 356 g/mol. The minimum Gasteiger partial charge on any atom is -0.394 e. The lowest BCUT2D eigenvalue weighted by Gasteiger charge is -2.25. The molecule has 1 rings (SSSR count). The van der Waals surface area contributed by atoms with E-state index in [1.165, 1.54) is 0 Å². The van der Waals surface area contributed by atoms with E-state index in [4.69, 9.17) is 5.11 Å². The summed E-state index contributed by atoms with van der Waals surface area (Å²) in [7, 11) is 0. The van der Waals surface area contributed by atoms with Crippen molar-refractivity contribution in [2.45, 2.75) is 43.7 Å². The van der Waals surface area contributed by atoms with E-state index in [2.05, 4.69) is 10.6 Å². The highest BCUT2D eigenvalue weighted by Crippen LogP contribution is 2.07. The molecule has 0 spiro atoms. The van der Waals surface area contributed by atoms with Gasteiger partial charge < -0.3 is 36.2 Å². The fraction of sp³-hybridized carbons (Fsp3) is 0.588. The molecule has 4 atom stereocenters. The molecule has 0 heterocycles. The molecule has 0 saturated carbocycles. The molecule has 25 heavy (non-hydrogen) atoms. The first-order chi connectivity index (χ1) is 12.0. The van der Waals surface area contributed by atoms with Crippen molar-refractivity contribution in [1.82, 2.24) is 5.32 Å². The number of carbonyl (C=O) groups excluding carboxylic acids is 1. The van der Waals surface area contributed by atoms with Crippen LogP contribution in [0.5, 0.6) is 0 Å². The maximum atomic E-state index is 11.7. The molecule has 0 aromatic heterocycles. The third-order valence-corrected chi connectivity index (χ3v) is 3.74. The molecule has 0 aliphatic heterocycles. The first-order valence-electron chi connectivity index (χ1n) is 8.34.